The number of hydrogen-bond donors (Lipinski definition) is 1. The van der Waals surface area contributed by atoms with Crippen LogP contribution >= 0.6 is 15.9 Å². The van der Waals surface area contributed by atoms with Crippen molar-refractivity contribution < 1.29 is 13.5 Å². The molecule has 0 unspecified atom stereocenters. The summed E-state index contributed by atoms with van der Waals surface area (Å²) in [4.78, 5) is 0. The van der Waals surface area contributed by atoms with E-state index in [1.807, 2.05) is 0 Å². The largest absolute Gasteiger partial charge is 0.398 e. The Bertz CT molecular complexity index is 307. The second kappa shape index (κ2) is 5.26. The minimum absolute atomic E-state index is 0.155. The first-order valence-electron chi connectivity index (χ1n) is 3.99. The molecular formula is C9H10BrF2NO. The van der Waals surface area contributed by atoms with Gasteiger partial charge in [0.25, 0.3) is 6.43 Å². The van der Waals surface area contributed by atoms with E-state index < -0.39 is 13.0 Å². The van der Waals surface area contributed by atoms with Crippen LogP contribution < -0.4 is 5.73 Å². The van der Waals surface area contributed by atoms with Crippen molar-refractivity contribution in [2.75, 3.05) is 12.3 Å². The zero-order valence-corrected chi connectivity index (χ0v) is 8.93. The molecule has 0 bridgehead atoms. The van der Waals surface area contributed by atoms with E-state index in [0.717, 1.165) is 10.0 Å². The molecular weight excluding hydrogens is 256 g/mol. The van der Waals surface area contributed by atoms with Gasteiger partial charge in [-0.05, 0) is 33.6 Å². The third kappa shape index (κ3) is 3.59. The lowest BCUT2D eigenvalue weighted by Crippen LogP contribution is -2.04. The maximum atomic E-state index is 11.7. The lowest BCUT2D eigenvalue weighted by molar-refractivity contribution is 0.00989. The van der Waals surface area contributed by atoms with E-state index in [1.165, 1.54) is 0 Å². The van der Waals surface area contributed by atoms with Crippen LogP contribution in [0, 0.1) is 0 Å². The van der Waals surface area contributed by atoms with Gasteiger partial charge in [-0.3, -0.25) is 0 Å². The van der Waals surface area contributed by atoms with Crippen LogP contribution in [0.1, 0.15) is 5.56 Å². The molecule has 0 aliphatic rings. The molecule has 1 aromatic rings. The monoisotopic (exact) mass is 265 g/mol. The van der Waals surface area contributed by atoms with E-state index in [0.29, 0.717) is 5.69 Å². The summed E-state index contributed by atoms with van der Waals surface area (Å²) in [5, 5.41) is 0. The molecule has 14 heavy (non-hydrogen) atoms. The Morgan fingerprint density at radius 1 is 1.43 bits per heavy atom. The molecule has 0 atom stereocenters. The van der Waals surface area contributed by atoms with Gasteiger partial charge in [-0.1, -0.05) is 6.07 Å². The van der Waals surface area contributed by atoms with Crippen molar-refractivity contribution in [2.45, 2.75) is 13.0 Å². The van der Waals surface area contributed by atoms with Crippen molar-refractivity contribution in [3.05, 3.63) is 28.2 Å². The van der Waals surface area contributed by atoms with Crippen LogP contribution in [0.4, 0.5) is 14.5 Å². The Balaban J connectivity index is 2.47. The first kappa shape index (κ1) is 11.4. The smallest absolute Gasteiger partial charge is 0.261 e. The number of benzene rings is 1. The molecule has 0 aromatic heterocycles. The highest BCUT2D eigenvalue weighted by atomic mass is 79.9. The van der Waals surface area contributed by atoms with Crippen molar-refractivity contribution in [2.24, 2.45) is 0 Å². The van der Waals surface area contributed by atoms with Gasteiger partial charge >= 0.3 is 0 Å². The van der Waals surface area contributed by atoms with Gasteiger partial charge in [-0.2, -0.15) is 0 Å². The third-order valence-electron chi connectivity index (χ3n) is 1.57. The van der Waals surface area contributed by atoms with Gasteiger partial charge in [-0.15, -0.1) is 0 Å². The average Bonchev–Trinajstić information content (AvgIpc) is 2.10. The fraction of sp³-hybridized carbons (Fsp3) is 0.333. The average molecular weight is 266 g/mol. The minimum atomic E-state index is -2.43. The highest BCUT2D eigenvalue weighted by Gasteiger charge is 2.03. The highest BCUT2D eigenvalue weighted by molar-refractivity contribution is 9.10. The Kier molecular flexibility index (Phi) is 4.28. The van der Waals surface area contributed by atoms with Gasteiger partial charge in [0.1, 0.15) is 6.61 Å². The summed E-state index contributed by atoms with van der Waals surface area (Å²) < 4.78 is 29.0. The Labute approximate surface area is 89.2 Å². The molecule has 1 rings (SSSR count). The standard InChI is InChI=1S/C9H10BrF2NO/c10-7-2-1-6(3-8(7)13)4-14-5-9(11)12/h1-3,9H,4-5,13H2. The minimum Gasteiger partial charge on any atom is -0.398 e. The quantitative estimate of drug-likeness (QED) is 0.850. The highest BCUT2D eigenvalue weighted by Crippen LogP contribution is 2.20. The van der Waals surface area contributed by atoms with E-state index in [4.69, 9.17) is 10.5 Å². The second-order valence-corrected chi connectivity index (χ2v) is 3.62. The fourth-order valence-corrected chi connectivity index (χ4v) is 1.20. The summed E-state index contributed by atoms with van der Waals surface area (Å²) in [6.45, 7) is -0.391. The Hall–Kier alpha value is -0.680. The maximum absolute atomic E-state index is 11.7. The molecule has 2 nitrogen and oxygen atoms in total. The van der Waals surface area contributed by atoms with Gasteiger partial charge in [0.15, 0.2) is 0 Å². The number of alkyl halides is 2. The summed E-state index contributed by atoms with van der Waals surface area (Å²) in [6, 6.07) is 5.22. The summed E-state index contributed by atoms with van der Waals surface area (Å²) in [7, 11) is 0. The number of anilines is 1. The summed E-state index contributed by atoms with van der Waals surface area (Å²) in [5.74, 6) is 0. The van der Waals surface area contributed by atoms with Crippen LogP contribution in [0.2, 0.25) is 0 Å². The second-order valence-electron chi connectivity index (χ2n) is 2.76. The molecule has 0 spiro atoms. The van der Waals surface area contributed by atoms with Gasteiger partial charge in [-0.25, -0.2) is 8.78 Å². The van der Waals surface area contributed by atoms with Crippen LogP contribution in [0.15, 0.2) is 22.7 Å². The lowest BCUT2D eigenvalue weighted by Gasteiger charge is -2.05. The van der Waals surface area contributed by atoms with Crippen molar-refractivity contribution in [3.8, 4) is 0 Å². The molecule has 0 saturated heterocycles. The van der Waals surface area contributed by atoms with Crippen LogP contribution in [0.25, 0.3) is 0 Å². The van der Waals surface area contributed by atoms with Gasteiger partial charge in [0.05, 0.1) is 6.61 Å². The maximum Gasteiger partial charge on any atom is 0.261 e. The zero-order valence-electron chi connectivity index (χ0n) is 7.34. The first-order valence-corrected chi connectivity index (χ1v) is 4.78. The number of ether oxygens (including phenoxy) is 1. The van der Waals surface area contributed by atoms with E-state index in [2.05, 4.69) is 15.9 Å². The SMILES string of the molecule is Nc1cc(COCC(F)F)ccc1Br. The van der Waals surface area contributed by atoms with Crippen molar-refractivity contribution in [3.63, 3.8) is 0 Å². The Morgan fingerprint density at radius 2 is 2.14 bits per heavy atom. The normalized spacial score (nSPS) is 10.9. The molecule has 0 aliphatic carbocycles. The van der Waals surface area contributed by atoms with Crippen molar-refractivity contribution in [1.29, 1.82) is 0 Å². The summed E-state index contributed by atoms with van der Waals surface area (Å²) in [6.07, 6.45) is -2.43. The summed E-state index contributed by atoms with van der Waals surface area (Å²) >= 11 is 3.23. The predicted molar refractivity (Wildman–Crippen MR) is 54.2 cm³/mol. The van der Waals surface area contributed by atoms with Crippen LogP contribution in [-0.4, -0.2) is 13.0 Å². The zero-order chi connectivity index (χ0) is 10.6. The number of nitrogen functional groups attached to an aromatic ring is 1. The van der Waals surface area contributed by atoms with Crippen molar-refractivity contribution in [1.82, 2.24) is 0 Å². The molecule has 0 fully saturated rings. The van der Waals surface area contributed by atoms with Gasteiger partial charge in [0.2, 0.25) is 0 Å². The van der Waals surface area contributed by atoms with E-state index in [1.54, 1.807) is 18.2 Å². The molecule has 0 aliphatic heterocycles. The number of halogens is 3. The molecule has 1 aromatic carbocycles. The van der Waals surface area contributed by atoms with E-state index >= 15 is 0 Å². The molecule has 0 saturated carbocycles. The Morgan fingerprint density at radius 3 is 2.71 bits per heavy atom. The number of nitrogens with two attached hydrogens (primary N) is 1. The van der Waals surface area contributed by atoms with Gasteiger partial charge < -0.3 is 10.5 Å². The van der Waals surface area contributed by atoms with E-state index in [9.17, 15) is 8.78 Å². The van der Waals surface area contributed by atoms with Crippen LogP contribution in [0.5, 0.6) is 0 Å². The molecule has 78 valence electrons. The molecule has 0 radical (unpaired) electrons. The van der Waals surface area contributed by atoms with Crippen LogP contribution in [-0.2, 0) is 11.3 Å². The summed E-state index contributed by atoms with van der Waals surface area (Å²) in [5.41, 5.74) is 6.96. The number of rotatable bonds is 4. The van der Waals surface area contributed by atoms with E-state index in [-0.39, 0.29) is 6.61 Å². The lowest BCUT2D eigenvalue weighted by atomic mass is 10.2. The molecule has 5 heteroatoms. The van der Waals surface area contributed by atoms with Gasteiger partial charge in [0, 0.05) is 10.2 Å². The fourth-order valence-electron chi connectivity index (χ4n) is 0.949. The topological polar surface area (TPSA) is 35.2 Å². The van der Waals surface area contributed by atoms with Crippen LogP contribution in [0.3, 0.4) is 0 Å². The predicted octanol–water partition coefficient (Wildman–Crippen LogP) is 2.81. The first-order chi connectivity index (χ1) is 6.59. The van der Waals surface area contributed by atoms with Crippen molar-refractivity contribution >= 4 is 21.6 Å². The molecule has 2 N–H and O–H groups in total. The third-order valence-corrected chi connectivity index (χ3v) is 2.30. The number of hydrogen-bond acceptors (Lipinski definition) is 2. The molecule has 0 amide bonds. The molecule has 0 heterocycles.